The third kappa shape index (κ3) is 7.49. The van der Waals surface area contributed by atoms with Crippen LogP contribution in [0.5, 0.6) is 5.75 Å². The maximum atomic E-state index is 15.0. The molecule has 0 unspecified atom stereocenters. The van der Waals surface area contributed by atoms with E-state index in [1.165, 1.54) is 4.90 Å². The van der Waals surface area contributed by atoms with Crippen molar-refractivity contribution in [3.05, 3.63) is 121 Å². The zero-order valence-corrected chi connectivity index (χ0v) is 30.0. The van der Waals surface area contributed by atoms with E-state index in [2.05, 4.69) is 18.5 Å². The number of rotatable bonds is 17. The molecular weight excluding hydrogens is 674 g/mol. The summed E-state index contributed by atoms with van der Waals surface area (Å²) in [5, 5.41) is 13.9. The number of aliphatic hydroxyl groups is 1. The van der Waals surface area contributed by atoms with Crippen LogP contribution in [0.25, 0.3) is 0 Å². The summed E-state index contributed by atoms with van der Waals surface area (Å²) >= 11 is 0. The van der Waals surface area contributed by atoms with Crippen molar-refractivity contribution in [3.8, 4) is 5.75 Å². The first-order chi connectivity index (χ1) is 25.8. The lowest BCUT2D eigenvalue weighted by atomic mass is 9.70. The minimum absolute atomic E-state index is 0.108. The molecule has 53 heavy (non-hydrogen) atoms. The fourth-order valence-electron chi connectivity index (χ4n) is 8.21. The van der Waals surface area contributed by atoms with Gasteiger partial charge in [-0.1, -0.05) is 72.8 Å². The molecule has 278 valence electrons. The summed E-state index contributed by atoms with van der Waals surface area (Å²) in [5.41, 5.74) is 0.857. The van der Waals surface area contributed by atoms with Crippen LogP contribution < -0.4 is 15.0 Å². The Morgan fingerprint density at radius 3 is 2.38 bits per heavy atom. The van der Waals surface area contributed by atoms with Gasteiger partial charge in [0.15, 0.2) is 0 Å². The van der Waals surface area contributed by atoms with Crippen LogP contribution in [-0.4, -0.2) is 84.4 Å². The molecule has 3 fully saturated rings. The van der Waals surface area contributed by atoms with Crippen LogP contribution in [0.3, 0.4) is 0 Å². The molecule has 3 aliphatic heterocycles. The molecule has 2 N–H and O–H groups in total. The molecule has 3 aliphatic rings. The lowest BCUT2D eigenvalue weighted by Gasteiger charge is -2.39. The van der Waals surface area contributed by atoms with Crippen molar-refractivity contribution in [2.24, 2.45) is 11.8 Å². The second-order valence-corrected chi connectivity index (χ2v) is 13.7. The predicted molar refractivity (Wildman–Crippen MR) is 199 cm³/mol. The Balaban J connectivity index is 1.36. The first kappa shape index (κ1) is 37.5. The van der Waals surface area contributed by atoms with Crippen molar-refractivity contribution in [2.75, 3.05) is 31.8 Å². The van der Waals surface area contributed by atoms with Crippen molar-refractivity contribution in [1.82, 2.24) is 10.2 Å². The number of fused-ring (bicyclic) bond motifs is 1. The average Bonchev–Trinajstić information content (AvgIpc) is 3.84. The Labute approximate surface area is 310 Å². The molecule has 3 heterocycles. The first-order valence-electron chi connectivity index (χ1n) is 18.1. The fourth-order valence-corrected chi connectivity index (χ4v) is 8.21. The standard InChI is InChI=1S/C42H47N3O8/c1-4-6-17-35(47)52-27-33(29-15-11-8-12-16-29)43-39(48)36-34-22-23-42(53-34)37(36)40(49)45(31(26-46)25-28-13-9-7-10-14-28)38(42)41(50)44(24-5-2)30-18-20-32(51-3)21-19-30/h4-5,7-16,18-21,31,33-34,36-38,46H,1-2,6,17,22-27H2,3H3,(H,43,48)/t31-,33+,34-,36+,37+,38-,42+/m1/s1. The molecule has 0 saturated carbocycles. The number of hydrogen-bond donors (Lipinski definition) is 2. The van der Waals surface area contributed by atoms with Crippen molar-refractivity contribution in [1.29, 1.82) is 0 Å². The molecule has 3 aromatic carbocycles. The smallest absolute Gasteiger partial charge is 0.306 e. The topological polar surface area (TPSA) is 135 Å². The van der Waals surface area contributed by atoms with Gasteiger partial charge in [0, 0.05) is 18.7 Å². The van der Waals surface area contributed by atoms with E-state index in [0.29, 0.717) is 30.7 Å². The van der Waals surface area contributed by atoms with Gasteiger partial charge in [-0.3, -0.25) is 19.2 Å². The number of carbonyl (C=O) groups excluding carboxylic acids is 4. The lowest BCUT2D eigenvalue weighted by Crippen LogP contribution is -2.59. The van der Waals surface area contributed by atoms with Crippen LogP contribution in [0.1, 0.15) is 42.9 Å². The van der Waals surface area contributed by atoms with Crippen molar-refractivity contribution in [2.45, 2.75) is 61.9 Å². The number of benzene rings is 3. The van der Waals surface area contributed by atoms with E-state index < -0.39 is 72.0 Å². The van der Waals surface area contributed by atoms with Gasteiger partial charge in [-0.2, -0.15) is 0 Å². The van der Waals surface area contributed by atoms with E-state index in [1.54, 1.807) is 48.4 Å². The maximum Gasteiger partial charge on any atom is 0.306 e. The van der Waals surface area contributed by atoms with E-state index in [9.17, 15) is 19.5 Å². The summed E-state index contributed by atoms with van der Waals surface area (Å²) in [7, 11) is 1.56. The number of ether oxygens (including phenoxy) is 3. The number of anilines is 1. The van der Waals surface area contributed by atoms with Crippen LogP contribution in [0.2, 0.25) is 0 Å². The molecule has 1 spiro atoms. The molecule has 3 saturated heterocycles. The number of allylic oxidation sites excluding steroid dienone is 1. The minimum atomic E-state index is -1.32. The van der Waals surface area contributed by atoms with Gasteiger partial charge in [0.05, 0.1) is 43.7 Å². The van der Waals surface area contributed by atoms with Gasteiger partial charge >= 0.3 is 5.97 Å². The number of nitrogens with one attached hydrogen (secondary N) is 1. The van der Waals surface area contributed by atoms with E-state index in [1.807, 2.05) is 60.7 Å². The third-order valence-electron chi connectivity index (χ3n) is 10.6. The van der Waals surface area contributed by atoms with Gasteiger partial charge in [-0.25, -0.2) is 0 Å². The van der Waals surface area contributed by atoms with Gasteiger partial charge in [-0.05, 0) is 61.1 Å². The number of amides is 3. The highest BCUT2D eigenvalue weighted by Crippen LogP contribution is 2.59. The zero-order valence-electron chi connectivity index (χ0n) is 30.0. The van der Waals surface area contributed by atoms with Crippen molar-refractivity contribution >= 4 is 29.4 Å². The van der Waals surface area contributed by atoms with Gasteiger partial charge < -0.3 is 34.4 Å². The second kappa shape index (κ2) is 16.6. The summed E-state index contributed by atoms with van der Waals surface area (Å²) in [6, 6.07) is 23.1. The zero-order chi connectivity index (χ0) is 37.5. The average molecular weight is 722 g/mol. The number of carbonyl (C=O) groups is 4. The SMILES string of the molecule is C=CCCC(=O)OC[C@H](NC(=O)[C@@H]1[C@H]2C(=O)N([C@@H](CO)Cc3ccccc3)[C@H](C(=O)N(CC=C)c3ccc(OC)cc3)[C@]23CC[C@H]1O3)c1ccccc1. The Hall–Kier alpha value is -5.26. The fraction of sp³-hybridized carbons (Fsp3) is 0.381. The number of likely N-dealkylation sites (tertiary alicyclic amines) is 1. The van der Waals surface area contributed by atoms with Gasteiger partial charge in [0.25, 0.3) is 5.91 Å². The second-order valence-electron chi connectivity index (χ2n) is 13.7. The molecule has 3 amide bonds. The number of methoxy groups -OCH3 is 1. The highest BCUT2D eigenvalue weighted by atomic mass is 16.5. The summed E-state index contributed by atoms with van der Waals surface area (Å²) in [5.74, 6) is -2.96. The van der Waals surface area contributed by atoms with Gasteiger partial charge in [0.2, 0.25) is 11.8 Å². The van der Waals surface area contributed by atoms with Crippen LogP contribution in [-0.2, 0) is 35.1 Å². The lowest BCUT2D eigenvalue weighted by molar-refractivity contribution is -0.146. The third-order valence-corrected chi connectivity index (χ3v) is 10.6. The summed E-state index contributed by atoms with van der Waals surface area (Å²) in [6.45, 7) is 7.17. The number of nitrogens with zero attached hydrogens (tertiary/aromatic N) is 2. The van der Waals surface area contributed by atoms with Crippen LogP contribution in [0.4, 0.5) is 5.69 Å². The molecule has 0 aliphatic carbocycles. The minimum Gasteiger partial charge on any atom is -0.497 e. The summed E-state index contributed by atoms with van der Waals surface area (Å²) in [4.78, 5) is 59.9. The number of esters is 1. The Bertz CT molecular complexity index is 1780. The quantitative estimate of drug-likeness (QED) is 0.153. The summed E-state index contributed by atoms with van der Waals surface area (Å²) < 4.78 is 17.6. The molecule has 0 radical (unpaired) electrons. The number of hydrogen-bond acceptors (Lipinski definition) is 8. The summed E-state index contributed by atoms with van der Waals surface area (Å²) in [6.07, 6.45) is 4.37. The van der Waals surface area contributed by atoms with E-state index in [0.717, 1.165) is 11.1 Å². The molecule has 6 rings (SSSR count). The largest absolute Gasteiger partial charge is 0.497 e. The Kier molecular flexibility index (Phi) is 11.7. The first-order valence-corrected chi connectivity index (χ1v) is 18.1. The highest BCUT2D eigenvalue weighted by Gasteiger charge is 2.75. The van der Waals surface area contributed by atoms with Gasteiger partial charge in [0.1, 0.15) is 24.0 Å². The van der Waals surface area contributed by atoms with Crippen LogP contribution in [0, 0.1) is 11.8 Å². The van der Waals surface area contributed by atoms with Gasteiger partial charge in [-0.15, -0.1) is 13.2 Å². The molecule has 7 atom stereocenters. The van der Waals surface area contributed by atoms with E-state index in [4.69, 9.17) is 14.2 Å². The molecule has 2 bridgehead atoms. The molecule has 3 aromatic rings. The maximum absolute atomic E-state index is 15.0. The highest BCUT2D eigenvalue weighted by molar-refractivity contribution is 6.05. The number of aliphatic hydroxyl groups excluding tert-OH is 1. The molecular formula is C42H47N3O8. The molecule has 11 heteroatoms. The van der Waals surface area contributed by atoms with Crippen LogP contribution in [0.15, 0.2) is 110 Å². The molecule has 0 aromatic heterocycles. The normalized spacial score (nSPS) is 23.8. The van der Waals surface area contributed by atoms with Crippen LogP contribution >= 0.6 is 0 Å². The predicted octanol–water partition coefficient (Wildman–Crippen LogP) is 4.56. The van der Waals surface area contributed by atoms with E-state index >= 15 is 4.79 Å². The van der Waals surface area contributed by atoms with Crippen molar-refractivity contribution in [3.63, 3.8) is 0 Å². The van der Waals surface area contributed by atoms with Crippen molar-refractivity contribution < 1.29 is 38.5 Å². The van der Waals surface area contributed by atoms with E-state index in [-0.39, 0.29) is 26.0 Å². The monoisotopic (exact) mass is 721 g/mol. The molecule has 11 nitrogen and oxygen atoms in total. The Morgan fingerprint density at radius 2 is 1.74 bits per heavy atom. The Morgan fingerprint density at radius 1 is 1.04 bits per heavy atom.